The average Bonchev–Trinajstić information content (AvgIpc) is 2.73. The Labute approximate surface area is 175 Å². The summed E-state index contributed by atoms with van der Waals surface area (Å²) in [6.07, 6.45) is 0. The highest BCUT2D eigenvalue weighted by Crippen LogP contribution is 2.22. The van der Waals surface area contributed by atoms with Crippen molar-refractivity contribution < 1.29 is 4.79 Å². The van der Waals surface area contributed by atoms with E-state index in [0.29, 0.717) is 11.1 Å². The zero-order chi connectivity index (χ0) is 21.3. The molecule has 4 rings (SSSR count). The predicted molar refractivity (Wildman–Crippen MR) is 122 cm³/mol. The van der Waals surface area contributed by atoms with Gasteiger partial charge in [0.1, 0.15) is 0 Å². The van der Waals surface area contributed by atoms with Crippen molar-refractivity contribution in [2.45, 2.75) is 27.3 Å². The van der Waals surface area contributed by atoms with Gasteiger partial charge in [0, 0.05) is 22.3 Å². The summed E-state index contributed by atoms with van der Waals surface area (Å²) >= 11 is 0. The Morgan fingerprint density at radius 2 is 1.57 bits per heavy atom. The first-order chi connectivity index (χ1) is 14.4. The molecule has 0 radical (unpaired) electrons. The van der Waals surface area contributed by atoms with E-state index in [1.54, 1.807) is 4.90 Å². The number of nitrogens with one attached hydrogen (secondary N) is 1. The summed E-state index contributed by atoms with van der Waals surface area (Å²) in [5.41, 5.74) is 5.67. The molecule has 150 valence electrons. The molecule has 0 atom stereocenters. The standard InChI is InChI=1S/C26H24N2O2/c1-17-9-12-22(13-10-17)28(26(30)23-7-5-4-6-19(23)3)16-21-15-20-11-8-18(2)14-24(20)27-25(21)29/h4-15H,16H2,1-3H3,(H,27,29). The van der Waals surface area contributed by atoms with Gasteiger partial charge in [-0.1, -0.05) is 48.0 Å². The van der Waals surface area contributed by atoms with Crippen LogP contribution in [0.1, 0.15) is 32.6 Å². The number of fused-ring (bicyclic) bond motifs is 1. The van der Waals surface area contributed by atoms with Gasteiger partial charge in [-0.25, -0.2) is 0 Å². The van der Waals surface area contributed by atoms with Crippen LogP contribution in [0.4, 0.5) is 5.69 Å². The van der Waals surface area contributed by atoms with Crippen molar-refractivity contribution in [2.75, 3.05) is 4.90 Å². The Morgan fingerprint density at radius 1 is 0.867 bits per heavy atom. The number of rotatable bonds is 4. The second-order valence-corrected chi connectivity index (χ2v) is 7.76. The number of aryl methyl sites for hydroxylation is 3. The van der Waals surface area contributed by atoms with Crippen molar-refractivity contribution in [1.29, 1.82) is 0 Å². The Balaban J connectivity index is 1.79. The van der Waals surface area contributed by atoms with Crippen LogP contribution in [0.5, 0.6) is 0 Å². The lowest BCUT2D eigenvalue weighted by Gasteiger charge is -2.24. The molecule has 4 nitrogen and oxygen atoms in total. The van der Waals surface area contributed by atoms with E-state index < -0.39 is 0 Å². The van der Waals surface area contributed by atoms with Gasteiger partial charge in [-0.2, -0.15) is 0 Å². The minimum Gasteiger partial charge on any atom is -0.322 e. The first-order valence-electron chi connectivity index (χ1n) is 9.99. The number of aromatic amines is 1. The van der Waals surface area contributed by atoms with Gasteiger partial charge in [-0.15, -0.1) is 0 Å². The summed E-state index contributed by atoms with van der Waals surface area (Å²) in [5.74, 6) is -0.125. The molecule has 1 amide bonds. The van der Waals surface area contributed by atoms with Crippen LogP contribution in [0.2, 0.25) is 0 Å². The fourth-order valence-electron chi connectivity index (χ4n) is 3.61. The maximum absolute atomic E-state index is 13.5. The summed E-state index contributed by atoms with van der Waals surface area (Å²) in [4.78, 5) is 30.9. The van der Waals surface area contributed by atoms with Gasteiger partial charge in [0.15, 0.2) is 0 Å². The molecule has 4 heteroatoms. The lowest BCUT2D eigenvalue weighted by atomic mass is 10.1. The van der Waals surface area contributed by atoms with Gasteiger partial charge >= 0.3 is 0 Å². The molecule has 1 N–H and O–H groups in total. The predicted octanol–water partition coefficient (Wildman–Crippen LogP) is 5.30. The number of carbonyl (C=O) groups excluding carboxylic acids is 1. The van der Waals surface area contributed by atoms with Gasteiger partial charge in [0.2, 0.25) is 0 Å². The Kier molecular flexibility index (Phi) is 5.23. The zero-order valence-electron chi connectivity index (χ0n) is 17.4. The molecular weight excluding hydrogens is 372 g/mol. The number of benzene rings is 3. The van der Waals surface area contributed by atoms with E-state index in [0.717, 1.165) is 33.3 Å². The fourth-order valence-corrected chi connectivity index (χ4v) is 3.61. The smallest absolute Gasteiger partial charge is 0.258 e. The first kappa shape index (κ1) is 19.6. The molecule has 0 saturated heterocycles. The number of amides is 1. The Morgan fingerprint density at radius 3 is 2.30 bits per heavy atom. The molecule has 1 aromatic heterocycles. The lowest BCUT2D eigenvalue weighted by Crippen LogP contribution is -2.33. The Hall–Kier alpha value is -3.66. The molecule has 30 heavy (non-hydrogen) atoms. The number of hydrogen-bond acceptors (Lipinski definition) is 2. The highest BCUT2D eigenvalue weighted by Gasteiger charge is 2.21. The molecule has 4 aromatic rings. The number of nitrogens with zero attached hydrogens (tertiary/aromatic N) is 1. The topological polar surface area (TPSA) is 53.2 Å². The SMILES string of the molecule is Cc1ccc(N(Cc2cc3ccc(C)cc3[nH]c2=O)C(=O)c2ccccc2C)cc1. The van der Waals surface area contributed by atoms with Crippen LogP contribution in [0.25, 0.3) is 10.9 Å². The van der Waals surface area contributed by atoms with E-state index in [4.69, 9.17) is 0 Å². The molecular formula is C26H24N2O2. The van der Waals surface area contributed by atoms with Crippen LogP contribution in [-0.2, 0) is 6.54 Å². The second kappa shape index (κ2) is 7.99. The van der Waals surface area contributed by atoms with Gasteiger partial charge < -0.3 is 9.88 Å². The normalized spacial score (nSPS) is 10.9. The molecule has 0 saturated carbocycles. The third kappa shape index (κ3) is 3.90. The van der Waals surface area contributed by atoms with Gasteiger partial charge in [0.25, 0.3) is 11.5 Å². The molecule has 0 aliphatic carbocycles. The number of pyridine rings is 1. The summed E-state index contributed by atoms with van der Waals surface area (Å²) < 4.78 is 0. The number of hydrogen-bond donors (Lipinski definition) is 1. The lowest BCUT2D eigenvalue weighted by molar-refractivity contribution is 0.0984. The summed E-state index contributed by atoms with van der Waals surface area (Å²) in [7, 11) is 0. The minimum absolute atomic E-state index is 0.125. The first-order valence-corrected chi connectivity index (χ1v) is 9.99. The van der Waals surface area contributed by atoms with Crippen molar-refractivity contribution >= 4 is 22.5 Å². The molecule has 1 heterocycles. The highest BCUT2D eigenvalue weighted by atomic mass is 16.2. The number of aromatic nitrogens is 1. The van der Waals surface area contributed by atoms with Crippen LogP contribution in [0, 0.1) is 20.8 Å². The van der Waals surface area contributed by atoms with Gasteiger partial charge in [0.05, 0.1) is 6.54 Å². The van der Waals surface area contributed by atoms with Gasteiger partial charge in [-0.05, 0) is 67.6 Å². The van der Waals surface area contributed by atoms with Crippen molar-refractivity contribution in [3.63, 3.8) is 0 Å². The van der Waals surface area contributed by atoms with E-state index >= 15 is 0 Å². The second-order valence-electron chi connectivity index (χ2n) is 7.76. The largest absolute Gasteiger partial charge is 0.322 e. The summed E-state index contributed by atoms with van der Waals surface area (Å²) in [5, 5.41) is 0.947. The van der Waals surface area contributed by atoms with Crippen molar-refractivity contribution in [1.82, 2.24) is 4.98 Å². The minimum atomic E-state index is -0.178. The van der Waals surface area contributed by atoms with Crippen LogP contribution < -0.4 is 10.5 Å². The Bertz CT molecular complexity index is 1290. The van der Waals surface area contributed by atoms with Crippen molar-refractivity contribution in [3.8, 4) is 0 Å². The summed E-state index contributed by atoms with van der Waals surface area (Å²) in [6, 6.07) is 23.1. The van der Waals surface area contributed by atoms with Crippen LogP contribution in [0.3, 0.4) is 0 Å². The quantitative estimate of drug-likeness (QED) is 0.509. The number of H-pyrrole nitrogens is 1. The van der Waals surface area contributed by atoms with E-state index in [1.807, 2.05) is 93.6 Å². The number of carbonyl (C=O) groups is 1. The highest BCUT2D eigenvalue weighted by molar-refractivity contribution is 6.07. The fraction of sp³-hybridized carbons (Fsp3) is 0.154. The zero-order valence-corrected chi connectivity index (χ0v) is 17.4. The van der Waals surface area contributed by atoms with Crippen LogP contribution >= 0.6 is 0 Å². The average molecular weight is 396 g/mol. The van der Waals surface area contributed by atoms with Crippen molar-refractivity contribution in [2.24, 2.45) is 0 Å². The maximum atomic E-state index is 13.5. The van der Waals surface area contributed by atoms with Gasteiger partial charge in [-0.3, -0.25) is 9.59 Å². The maximum Gasteiger partial charge on any atom is 0.258 e. The molecule has 0 aliphatic rings. The van der Waals surface area contributed by atoms with E-state index in [9.17, 15) is 9.59 Å². The molecule has 0 spiro atoms. The van der Waals surface area contributed by atoms with Crippen LogP contribution in [-0.4, -0.2) is 10.9 Å². The molecule has 3 aromatic carbocycles. The third-order valence-corrected chi connectivity index (χ3v) is 5.37. The third-order valence-electron chi connectivity index (χ3n) is 5.37. The molecule has 0 fully saturated rings. The van der Waals surface area contributed by atoms with Crippen LogP contribution in [0.15, 0.2) is 77.6 Å². The number of anilines is 1. The van der Waals surface area contributed by atoms with E-state index in [2.05, 4.69) is 4.98 Å². The van der Waals surface area contributed by atoms with E-state index in [1.165, 1.54) is 0 Å². The summed E-state index contributed by atoms with van der Waals surface area (Å²) in [6.45, 7) is 6.11. The van der Waals surface area contributed by atoms with Crippen molar-refractivity contribution in [3.05, 3.63) is 111 Å². The molecule has 0 bridgehead atoms. The van der Waals surface area contributed by atoms with E-state index in [-0.39, 0.29) is 18.0 Å². The molecule has 0 aliphatic heterocycles. The monoisotopic (exact) mass is 396 g/mol. The molecule has 0 unspecified atom stereocenters.